The summed E-state index contributed by atoms with van der Waals surface area (Å²) in [5.74, 6) is 6.94. The van der Waals surface area contributed by atoms with Gasteiger partial charge in [0, 0.05) is 34.5 Å². The molecule has 0 radical (unpaired) electrons. The molecule has 6 heteroatoms. The average Bonchev–Trinajstić information content (AvgIpc) is 3.03. The predicted molar refractivity (Wildman–Crippen MR) is 89.3 cm³/mol. The Kier molecular flexibility index (Phi) is 4.96. The van der Waals surface area contributed by atoms with Crippen LogP contribution in [0, 0.1) is 32.6 Å². The van der Waals surface area contributed by atoms with E-state index >= 15 is 0 Å². The molecule has 0 aromatic carbocycles. The highest BCUT2D eigenvalue weighted by molar-refractivity contribution is 7.09. The van der Waals surface area contributed by atoms with Crippen LogP contribution in [0.15, 0.2) is 28.4 Å². The molecule has 3 rings (SSSR count). The normalized spacial score (nSPS) is 9.77. The van der Waals surface area contributed by atoms with Gasteiger partial charge in [0.2, 0.25) is 0 Å². The Morgan fingerprint density at radius 3 is 2.59 bits per heavy atom. The topological polar surface area (TPSA) is 51.8 Å². The first-order valence-corrected chi connectivity index (χ1v) is 7.34. The predicted octanol–water partition coefficient (Wildman–Crippen LogP) is 3.94. The van der Waals surface area contributed by atoms with Crippen molar-refractivity contribution in [1.29, 1.82) is 0 Å². The zero-order chi connectivity index (χ0) is 14.8. The molecular formula is C16H14ClN3OS. The largest absolute Gasteiger partial charge is 0.361 e. The summed E-state index contributed by atoms with van der Waals surface area (Å²) in [6, 6.07) is 1.99. The van der Waals surface area contributed by atoms with E-state index in [1.807, 2.05) is 32.2 Å². The summed E-state index contributed by atoms with van der Waals surface area (Å²) in [5, 5.41) is 6.94. The lowest BCUT2D eigenvalue weighted by molar-refractivity contribution is 0.393. The van der Waals surface area contributed by atoms with Crippen molar-refractivity contribution in [2.24, 2.45) is 0 Å². The first kappa shape index (κ1) is 16.2. The van der Waals surface area contributed by atoms with Crippen molar-refractivity contribution < 1.29 is 4.52 Å². The van der Waals surface area contributed by atoms with Crippen LogP contribution in [0.2, 0.25) is 0 Å². The molecule has 3 aromatic rings. The van der Waals surface area contributed by atoms with E-state index in [1.165, 1.54) is 0 Å². The summed E-state index contributed by atoms with van der Waals surface area (Å²) in [5.41, 5.74) is 4.44. The number of thiazole rings is 1. The van der Waals surface area contributed by atoms with Gasteiger partial charge in [-0.2, -0.15) is 0 Å². The van der Waals surface area contributed by atoms with Crippen molar-refractivity contribution in [3.63, 3.8) is 0 Å². The van der Waals surface area contributed by atoms with Gasteiger partial charge in [-0.05, 0) is 32.8 Å². The molecule has 0 bridgehead atoms. The van der Waals surface area contributed by atoms with Crippen molar-refractivity contribution in [2.45, 2.75) is 20.8 Å². The van der Waals surface area contributed by atoms with E-state index in [0.717, 1.165) is 38.8 Å². The maximum absolute atomic E-state index is 5.20. The standard InChI is InChI=1S/C16H13N3OS.ClH/c1-10-16(11(2)20-19-10)14-6-13(7-17-8-14)4-5-15-9-21-12(3)18-15;/h6-9H,1-3H3;1H. The number of pyridine rings is 1. The van der Waals surface area contributed by atoms with Crippen molar-refractivity contribution in [2.75, 3.05) is 0 Å². The maximum Gasteiger partial charge on any atom is 0.141 e. The van der Waals surface area contributed by atoms with E-state index in [-0.39, 0.29) is 12.4 Å². The number of nitrogens with zero attached hydrogens (tertiary/aromatic N) is 3. The van der Waals surface area contributed by atoms with Gasteiger partial charge in [0.25, 0.3) is 0 Å². The molecule has 0 amide bonds. The van der Waals surface area contributed by atoms with Crippen LogP contribution in [-0.2, 0) is 0 Å². The second-order valence-corrected chi connectivity index (χ2v) is 5.73. The van der Waals surface area contributed by atoms with Gasteiger partial charge < -0.3 is 4.52 Å². The molecule has 0 spiro atoms. The molecule has 112 valence electrons. The van der Waals surface area contributed by atoms with Crippen LogP contribution in [0.5, 0.6) is 0 Å². The van der Waals surface area contributed by atoms with E-state index < -0.39 is 0 Å². The molecule has 0 fully saturated rings. The number of halogens is 1. The van der Waals surface area contributed by atoms with Gasteiger partial charge >= 0.3 is 0 Å². The van der Waals surface area contributed by atoms with Crippen molar-refractivity contribution in [3.8, 4) is 23.0 Å². The maximum atomic E-state index is 5.20. The minimum Gasteiger partial charge on any atom is -0.361 e. The van der Waals surface area contributed by atoms with E-state index in [0.29, 0.717) is 0 Å². The van der Waals surface area contributed by atoms with Gasteiger partial charge in [0.05, 0.1) is 10.7 Å². The number of hydrogen-bond donors (Lipinski definition) is 0. The number of hydrogen-bond acceptors (Lipinski definition) is 5. The molecule has 0 aliphatic heterocycles. The fourth-order valence-electron chi connectivity index (χ4n) is 2.10. The Hall–Kier alpha value is -2.16. The summed E-state index contributed by atoms with van der Waals surface area (Å²) in [6.45, 7) is 5.78. The lowest BCUT2D eigenvalue weighted by Gasteiger charge is -1.99. The van der Waals surface area contributed by atoms with Crippen LogP contribution < -0.4 is 0 Å². The minimum atomic E-state index is 0. The summed E-state index contributed by atoms with van der Waals surface area (Å²) in [7, 11) is 0. The average molecular weight is 332 g/mol. The Balaban J connectivity index is 0.00000176. The van der Waals surface area contributed by atoms with Crippen LogP contribution in [0.1, 0.15) is 27.7 Å². The smallest absolute Gasteiger partial charge is 0.141 e. The quantitative estimate of drug-likeness (QED) is 0.634. The van der Waals surface area contributed by atoms with Crippen molar-refractivity contribution in [1.82, 2.24) is 15.1 Å². The zero-order valence-electron chi connectivity index (χ0n) is 12.4. The number of aromatic nitrogens is 3. The van der Waals surface area contributed by atoms with Gasteiger partial charge in [0.15, 0.2) is 0 Å². The molecule has 0 unspecified atom stereocenters. The van der Waals surface area contributed by atoms with Crippen LogP contribution in [0.3, 0.4) is 0 Å². The van der Waals surface area contributed by atoms with Gasteiger partial charge in [-0.25, -0.2) is 4.98 Å². The summed E-state index contributed by atoms with van der Waals surface area (Å²) in [6.07, 6.45) is 3.54. The van der Waals surface area contributed by atoms with E-state index in [2.05, 4.69) is 27.0 Å². The van der Waals surface area contributed by atoms with Gasteiger partial charge in [0.1, 0.15) is 11.5 Å². The molecule has 4 nitrogen and oxygen atoms in total. The van der Waals surface area contributed by atoms with Gasteiger partial charge in [-0.1, -0.05) is 11.1 Å². The highest BCUT2D eigenvalue weighted by Gasteiger charge is 2.11. The molecule has 0 saturated carbocycles. The minimum absolute atomic E-state index is 0. The van der Waals surface area contributed by atoms with Crippen LogP contribution in [0.25, 0.3) is 11.1 Å². The highest BCUT2D eigenvalue weighted by Crippen LogP contribution is 2.26. The molecule has 0 saturated heterocycles. The van der Waals surface area contributed by atoms with E-state index in [9.17, 15) is 0 Å². The first-order valence-electron chi connectivity index (χ1n) is 6.46. The number of aryl methyl sites for hydroxylation is 3. The second kappa shape index (κ2) is 6.73. The Morgan fingerprint density at radius 2 is 1.95 bits per heavy atom. The number of rotatable bonds is 1. The molecule has 22 heavy (non-hydrogen) atoms. The third-order valence-electron chi connectivity index (χ3n) is 3.01. The molecule has 0 N–H and O–H groups in total. The third-order valence-corrected chi connectivity index (χ3v) is 3.79. The third kappa shape index (κ3) is 3.35. The Bertz CT molecular complexity index is 838. The van der Waals surface area contributed by atoms with Crippen molar-refractivity contribution >= 4 is 23.7 Å². The van der Waals surface area contributed by atoms with Crippen molar-refractivity contribution in [3.05, 3.63) is 51.6 Å². The molecule has 0 atom stereocenters. The van der Waals surface area contributed by atoms with E-state index in [1.54, 1.807) is 23.7 Å². The van der Waals surface area contributed by atoms with Crippen LogP contribution in [-0.4, -0.2) is 15.1 Å². The van der Waals surface area contributed by atoms with Crippen LogP contribution in [0.4, 0.5) is 0 Å². The second-order valence-electron chi connectivity index (χ2n) is 4.66. The summed E-state index contributed by atoms with van der Waals surface area (Å²) >= 11 is 1.59. The molecule has 0 aliphatic rings. The zero-order valence-corrected chi connectivity index (χ0v) is 14.0. The molecule has 3 heterocycles. The summed E-state index contributed by atoms with van der Waals surface area (Å²) < 4.78 is 5.20. The highest BCUT2D eigenvalue weighted by atomic mass is 35.5. The monoisotopic (exact) mass is 331 g/mol. The Labute approximate surface area is 139 Å². The van der Waals surface area contributed by atoms with Crippen LogP contribution >= 0.6 is 23.7 Å². The SMILES string of the molecule is Cc1nc(C#Cc2cncc(-c3c(C)noc3C)c2)cs1.Cl. The first-order chi connectivity index (χ1) is 10.1. The molecular weight excluding hydrogens is 318 g/mol. The molecule has 3 aromatic heterocycles. The fourth-order valence-corrected chi connectivity index (χ4v) is 2.64. The summed E-state index contributed by atoms with van der Waals surface area (Å²) in [4.78, 5) is 8.58. The Morgan fingerprint density at radius 1 is 1.14 bits per heavy atom. The lowest BCUT2D eigenvalue weighted by atomic mass is 10.0. The fraction of sp³-hybridized carbons (Fsp3) is 0.188. The van der Waals surface area contributed by atoms with E-state index in [4.69, 9.17) is 4.52 Å². The molecule has 0 aliphatic carbocycles. The van der Waals surface area contributed by atoms with Gasteiger partial charge in [-0.3, -0.25) is 4.98 Å². The lowest BCUT2D eigenvalue weighted by Crippen LogP contribution is -1.86. The van der Waals surface area contributed by atoms with Gasteiger partial charge in [-0.15, -0.1) is 23.7 Å².